The molecule has 6 heteroatoms. The maximum absolute atomic E-state index is 6.52. The SMILES string of the molecule is c1ccc(-c2nc(-c3ccc4oc5cc(-c6ccc7c(c6)c6ccccc6n7-c6ccccc6)ccc5c4c3)nc(-c3cccc4oc5ccccc5c34)n2)cc1. The van der Waals surface area contributed by atoms with Crippen LogP contribution in [-0.4, -0.2) is 19.5 Å². The molecule has 0 bridgehead atoms. The molecule has 0 unspecified atom stereocenters. The Morgan fingerprint density at radius 1 is 0.333 bits per heavy atom. The van der Waals surface area contributed by atoms with Crippen LogP contribution in [0.5, 0.6) is 0 Å². The summed E-state index contributed by atoms with van der Waals surface area (Å²) in [6.07, 6.45) is 0. The predicted octanol–water partition coefficient (Wildman–Crippen LogP) is 13.4. The number of aromatic nitrogens is 4. The second-order valence-electron chi connectivity index (χ2n) is 14.4. The summed E-state index contributed by atoms with van der Waals surface area (Å²) in [6, 6.07) is 62.8. The zero-order chi connectivity index (χ0) is 37.5. The zero-order valence-electron chi connectivity index (χ0n) is 30.4. The van der Waals surface area contributed by atoms with Crippen LogP contribution in [0, 0.1) is 0 Å². The van der Waals surface area contributed by atoms with Crippen molar-refractivity contribution < 1.29 is 8.83 Å². The Bertz CT molecular complexity index is 3530. The van der Waals surface area contributed by atoms with Gasteiger partial charge in [0.1, 0.15) is 22.3 Å². The first-order chi connectivity index (χ1) is 28.2. The lowest BCUT2D eigenvalue weighted by Gasteiger charge is -2.09. The molecule has 0 saturated carbocycles. The van der Waals surface area contributed by atoms with E-state index in [1.165, 1.54) is 21.8 Å². The quantitative estimate of drug-likeness (QED) is 0.176. The van der Waals surface area contributed by atoms with Gasteiger partial charge in [-0.3, -0.25) is 0 Å². The lowest BCUT2D eigenvalue weighted by Crippen LogP contribution is -2.00. The lowest BCUT2D eigenvalue weighted by molar-refractivity contribution is 0.668. The molecule has 12 aromatic rings. The van der Waals surface area contributed by atoms with Crippen LogP contribution in [0.3, 0.4) is 0 Å². The van der Waals surface area contributed by atoms with Crippen molar-refractivity contribution in [3.8, 4) is 51.0 Å². The van der Waals surface area contributed by atoms with Crippen LogP contribution in [0.25, 0.3) is 117 Å². The minimum absolute atomic E-state index is 0.583. The Kier molecular flexibility index (Phi) is 6.83. The minimum atomic E-state index is 0.583. The van der Waals surface area contributed by atoms with Gasteiger partial charge in [-0.2, -0.15) is 0 Å². The topological polar surface area (TPSA) is 69.9 Å². The predicted molar refractivity (Wildman–Crippen MR) is 230 cm³/mol. The number of hydrogen-bond acceptors (Lipinski definition) is 5. The van der Waals surface area contributed by atoms with Gasteiger partial charge in [0.05, 0.1) is 11.0 Å². The summed E-state index contributed by atoms with van der Waals surface area (Å²) in [7, 11) is 0. The molecule has 0 aliphatic carbocycles. The fraction of sp³-hybridized carbons (Fsp3) is 0. The molecule has 0 N–H and O–H groups in total. The molecule has 57 heavy (non-hydrogen) atoms. The van der Waals surface area contributed by atoms with Crippen molar-refractivity contribution in [2.75, 3.05) is 0 Å². The molecular weight excluding hydrogens is 701 g/mol. The molecule has 8 aromatic carbocycles. The van der Waals surface area contributed by atoms with Crippen molar-refractivity contribution in [2.24, 2.45) is 0 Å². The lowest BCUT2D eigenvalue weighted by atomic mass is 10.0. The van der Waals surface area contributed by atoms with E-state index >= 15 is 0 Å². The Labute approximate surface area is 325 Å². The van der Waals surface area contributed by atoms with Gasteiger partial charge < -0.3 is 13.4 Å². The second-order valence-corrected chi connectivity index (χ2v) is 14.4. The first-order valence-electron chi connectivity index (χ1n) is 19.0. The van der Waals surface area contributed by atoms with Crippen LogP contribution in [0.15, 0.2) is 191 Å². The highest BCUT2D eigenvalue weighted by atomic mass is 16.3. The van der Waals surface area contributed by atoms with Gasteiger partial charge in [0, 0.05) is 54.7 Å². The van der Waals surface area contributed by atoms with Crippen LogP contribution in [0.2, 0.25) is 0 Å². The highest BCUT2D eigenvalue weighted by Crippen LogP contribution is 2.39. The van der Waals surface area contributed by atoms with Crippen LogP contribution in [0.4, 0.5) is 0 Å². The van der Waals surface area contributed by atoms with E-state index in [0.717, 1.165) is 77.4 Å². The van der Waals surface area contributed by atoms with Crippen LogP contribution in [0.1, 0.15) is 0 Å². The van der Waals surface area contributed by atoms with Gasteiger partial charge in [-0.1, -0.05) is 109 Å². The van der Waals surface area contributed by atoms with E-state index in [2.05, 4.69) is 114 Å². The number of furan rings is 2. The third-order valence-electron chi connectivity index (χ3n) is 11.1. The van der Waals surface area contributed by atoms with Gasteiger partial charge in [-0.25, -0.2) is 15.0 Å². The van der Waals surface area contributed by atoms with E-state index in [0.29, 0.717) is 17.5 Å². The standard InChI is InChI=1S/C51H30N4O2/c1-3-12-31(13-4-1)49-52-50(54-51(53-49)39-18-11-21-46-48(39)38-17-8-10-20-44(38)56-46)34-24-27-45-41(29-34)37-25-22-33(30-47(37)57-45)32-23-26-43-40(28-32)36-16-7-9-19-42(36)55(43)35-14-5-2-6-15-35/h1-30H. The third kappa shape index (κ3) is 5.01. The fourth-order valence-electron chi connectivity index (χ4n) is 8.41. The van der Waals surface area contributed by atoms with Crippen molar-refractivity contribution in [3.05, 3.63) is 182 Å². The number of para-hydroxylation sites is 3. The van der Waals surface area contributed by atoms with Gasteiger partial charge in [0.2, 0.25) is 0 Å². The first-order valence-corrected chi connectivity index (χ1v) is 19.0. The molecular formula is C51H30N4O2. The second kappa shape index (κ2) is 12.3. The average molecular weight is 731 g/mol. The normalized spacial score (nSPS) is 11.9. The maximum Gasteiger partial charge on any atom is 0.164 e. The summed E-state index contributed by atoms with van der Waals surface area (Å²) in [5.74, 6) is 1.77. The summed E-state index contributed by atoms with van der Waals surface area (Å²) in [4.78, 5) is 15.2. The number of rotatable bonds is 5. The van der Waals surface area contributed by atoms with Crippen molar-refractivity contribution >= 4 is 65.7 Å². The summed E-state index contributed by atoms with van der Waals surface area (Å²) in [5, 5.41) is 6.48. The van der Waals surface area contributed by atoms with Crippen LogP contribution in [-0.2, 0) is 0 Å². The number of fused-ring (bicyclic) bond motifs is 9. The summed E-state index contributed by atoms with van der Waals surface area (Å²) < 4.78 is 15.1. The zero-order valence-corrected chi connectivity index (χ0v) is 30.4. The number of benzene rings is 8. The minimum Gasteiger partial charge on any atom is -0.456 e. The summed E-state index contributed by atoms with van der Waals surface area (Å²) in [6.45, 7) is 0. The van der Waals surface area contributed by atoms with Gasteiger partial charge in [-0.15, -0.1) is 0 Å². The van der Waals surface area contributed by atoms with E-state index in [1.54, 1.807) is 0 Å². The molecule has 266 valence electrons. The monoisotopic (exact) mass is 730 g/mol. The molecule has 4 heterocycles. The molecule has 0 saturated heterocycles. The van der Waals surface area contributed by atoms with Gasteiger partial charge in [0.15, 0.2) is 17.5 Å². The number of hydrogen-bond donors (Lipinski definition) is 0. The van der Waals surface area contributed by atoms with Crippen LogP contribution >= 0.6 is 0 Å². The van der Waals surface area contributed by atoms with Gasteiger partial charge in [0.25, 0.3) is 0 Å². The van der Waals surface area contributed by atoms with Crippen molar-refractivity contribution in [1.29, 1.82) is 0 Å². The highest BCUT2D eigenvalue weighted by Gasteiger charge is 2.19. The Balaban J connectivity index is 0.982. The van der Waals surface area contributed by atoms with Crippen molar-refractivity contribution in [3.63, 3.8) is 0 Å². The molecule has 12 rings (SSSR count). The Morgan fingerprint density at radius 2 is 0.947 bits per heavy atom. The third-order valence-corrected chi connectivity index (χ3v) is 11.1. The van der Waals surface area contributed by atoms with E-state index in [1.807, 2.05) is 72.8 Å². The Hall–Kier alpha value is -7.83. The first kappa shape index (κ1) is 31.5. The van der Waals surface area contributed by atoms with E-state index in [-0.39, 0.29) is 0 Å². The van der Waals surface area contributed by atoms with E-state index < -0.39 is 0 Å². The molecule has 6 nitrogen and oxygen atoms in total. The van der Waals surface area contributed by atoms with Gasteiger partial charge in [-0.05, 0) is 83.9 Å². The van der Waals surface area contributed by atoms with E-state index in [9.17, 15) is 0 Å². The molecule has 0 radical (unpaired) electrons. The smallest absolute Gasteiger partial charge is 0.164 e. The molecule has 0 atom stereocenters. The molecule has 0 aliphatic rings. The summed E-state index contributed by atoms with van der Waals surface area (Å²) >= 11 is 0. The molecule has 0 amide bonds. The molecule has 4 aromatic heterocycles. The Morgan fingerprint density at radius 3 is 1.82 bits per heavy atom. The molecule has 0 aliphatic heterocycles. The maximum atomic E-state index is 6.52. The van der Waals surface area contributed by atoms with Crippen LogP contribution < -0.4 is 0 Å². The van der Waals surface area contributed by atoms with Crippen molar-refractivity contribution in [2.45, 2.75) is 0 Å². The van der Waals surface area contributed by atoms with Gasteiger partial charge >= 0.3 is 0 Å². The number of nitrogens with zero attached hydrogens (tertiary/aromatic N) is 4. The fourth-order valence-corrected chi connectivity index (χ4v) is 8.41. The van der Waals surface area contributed by atoms with Crippen molar-refractivity contribution in [1.82, 2.24) is 19.5 Å². The largest absolute Gasteiger partial charge is 0.456 e. The molecule has 0 spiro atoms. The summed E-state index contributed by atoms with van der Waals surface area (Å²) in [5.41, 5.74) is 11.7. The highest BCUT2D eigenvalue weighted by molar-refractivity contribution is 6.13. The average Bonchev–Trinajstić information content (AvgIpc) is 3.95. The van der Waals surface area contributed by atoms with E-state index in [4.69, 9.17) is 23.8 Å². The molecule has 0 fully saturated rings.